The summed E-state index contributed by atoms with van der Waals surface area (Å²) in [6, 6.07) is 0.514. The highest BCUT2D eigenvalue weighted by Crippen LogP contribution is 2.51. The summed E-state index contributed by atoms with van der Waals surface area (Å²) in [6.07, 6.45) is 5.33. The van der Waals surface area contributed by atoms with E-state index in [-0.39, 0.29) is 0 Å². The number of H-pyrrole nitrogens is 1. The number of nitrogens with two attached hydrogens (primary N) is 1. The maximum Gasteiger partial charge on any atom is 0.220 e. The van der Waals surface area contributed by atoms with Gasteiger partial charge in [-0.3, -0.25) is 4.57 Å². The first-order valence-electron chi connectivity index (χ1n) is 5.18. The van der Waals surface area contributed by atoms with Gasteiger partial charge in [0.05, 0.1) is 0 Å². The van der Waals surface area contributed by atoms with E-state index >= 15 is 0 Å². The Morgan fingerprint density at radius 1 is 1.43 bits per heavy atom. The van der Waals surface area contributed by atoms with E-state index in [9.17, 15) is 0 Å². The van der Waals surface area contributed by atoms with Crippen molar-refractivity contribution in [1.29, 1.82) is 0 Å². The van der Waals surface area contributed by atoms with Crippen LogP contribution in [0.15, 0.2) is 0 Å². The van der Waals surface area contributed by atoms with Gasteiger partial charge in [-0.25, -0.2) is 5.10 Å². The minimum atomic E-state index is 0.514. The van der Waals surface area contributed by atoms with Gasteiger partial charge in [-0.05, 0) is 43.3 Å². The molecule has 1 aromatic heterocycles. The topological polar surface area (TPSA) is 59.6 Å². The third-order valence-corrected chi connectivity index (χ3v) is 4.05. The van der Waals surface area contributed by atoms with Crippen molar-refractivity contribution in [2.24, 2.45) is 11.8 Å². The molecule has 3 atom stereocenters. The first kappa shape index (κ1) is 8.47. The van der Waals surface area contributed by atoms with Crippen molar-refractivity contribution >= 4 is 18.2 Å². The maximum absolute atomic E-state index is 5.81. The average molecular weight is 210 g/mol. The largest absolute Gasteiger partial charge is 0.368 e. The molecule has 1 heterocycles. The van der Waals surface area contributed by atoms with Crippen LogP contribution in [0.4, 0.5) is 5.95 Å². The second-order valence-electron chi connectivity index (χ2n) is 4.50. The molecule has 0 saturated heterocycles. The molecule has 14 heavy (non-hydrogen) atoms. The van der Waals surface area contributed by atoms with E-state index in [1.165, 1.54) is 25.7 Å². The Morgan fingerprint density at radius 2 is 2.29 bits per heavy atom. The van der Waals surface area contributed by atoms with Crippen LogP contribution in [-0.4, -0.2) is 14.8 Å². The summed E-state index contributed by atoms with van der Waals surface area (Å²) in [5, 5.41) is 6.73. The molecule has 0 aliphatic heterocycles. The fourth-order valence-electron chi connectivity index (χ4n) is 3.16. The number of aromatic amines is 1. The lowest BCUT2D eigenvalue weighted by molar-refractivity contribution is 0.330. The van der Waals surface area contributed by atoms with Gasteiger partial charge >= 0.3 is 0 Å². The molecule has 3 unspecified atom stereocenters. The van der Waals surface area contributed by atoms with Crippen LogP contribution in [0.1, 0.15) is 31.7 Å². The normalized spacial score (nSPS) is 35.3. The lowest BCUT2D eigenvalue weighted by Gasteiger charge is -2.23. The molecule has 2 aliphatic carbocycles. The molecule has 0 aromatic carbocycles. The molecule has 3 N–H and O–H groups in total. The molecule has 3 rings (SSSR count). The minimum Gasteiger partial charge on any atom is -0.368 e. The highest BCUT2D eigenvalue weighted by atomic mass is 32.1. The zero-order chi connectivity index (χ0) is 9.71. The van der Waals surface area contributed by atoms with Crippen molar-refractivity contribution in [3.8, 4) is 0 Å². The molecule has 76 valence electrons. The van der Waals surface area contributed by atoms with Gasteiger partial charge in [0.1, 0.15) is 0 Å². The van der Waals surface area contributed by atoms with Crippen molar-refractivity contribution < 1.29 is 0 Å². The van der Waals surface area contributed by atoms with E-state index in [2.05, 4.69) is 10.2 Å². The van der Waals surface area contributed by atoms with E-state index in [0.29, 0.717) is 16.8 Å². The van der Waals surface area contributed by atoms with E-state index in [1.54, 1.807) is 0 Å². The van der Waals surface area contributed by atoms with E-state index in [0.717, 1.165) is 11.8 Å². The quantitative estimate of drug-likeness (QED) is 0.696. The fourth-order valence-corrected chi connectivity index (χ4v) is 3.44. The van der Waals surface area contributed by atoms with Gasteiger partial charge in [0.2, 0.25) is 5.95 Å². The molecule has 1 aromatic rings. The number of aromatic nitrogens is 3. The number of nitrogens with zero attached hydrogens (tertiary/aromatic N) is 2. The highest BCUT2D eigenvalue weighted by Gasteiger charge is 2.41. The number of nitrogen functional groups attached to an aromatic ring is 1. The number of rotatable bonds is 1. The molecular weight excluding hydrogens is 196 g/mol. The van der Waals surface area contributed by atoms with Gasteiger partial charge in [-0.1, -0.05) is 6.42 Å². The van der Waals surface area contributed by atoms with Crippen molar-refractivity contribution in [2.45, 2.75) is 31.7 Å². The van der Waals surface area contributed by atoms with Crippen molar-refractivity contribution in [2.75, 3.05) is 5.73 Å². The molecule has 2 aliphatic rings. The van der Waals surface area contributed by atoms with Gasteiger partial charge in [0, 0.05) is 6.04 Å². The van der Waals surface area contributed by atoms with E-state index < -0.39 is 0 Å². The Labute approximate surface area is 87.5 Å². The molecule has 2 bridgehead atoms. The van der Waals surface area contributed by atoms with Crippen LogP contribution in [-0.2, 0) is 0 Å². The smallest absolute Gasteiger partial charge is 0.220 e. The van der Waals surface area contributed by atoms with Crippen LogP contribution in [0.25, 0.3) is 0 Å². The Hall–Kier alpha value is -0.840. The molecule has 0 amide bonds. The second kappa shape index (κ2) is 2.82. The SMILES string of the molecule is Nc1n[nH]c(=S)n1C1CC2CCC1C2. The molecule has 2 saturated carbocycles. The predicted molar refractivity (Wildman–Crippen MR) is 56.3 cm³/mol. The molecule has 2 fully saturated rings. The summed E-state index contributed by atoms with van der Waals surface area (Å²) in [5.41, 5.74) is 5.81. The van der Waals surface area contributed by atoms with Crippen LogP contribution in [0.5, 0.6) is 0 Å². The molecule has 5 heteroatoms. The molecule has 4 nitrogen and oxygen atoms in total. The highest BCUT2D eigenvalue weighted by molar-refractivity contribution is 7.71. The Bertz CT molecular complexity index is 407. The molecule has 0 spiro atoms. The zero-order valence-corrected chi connectivity index (χ0v) is 8.76. The summed E-state index contributed by atoms with van der Waals surface area (Å²) in [5.74, 6) is 2.24. The minimum absolute atomic E-state index is 0.514. The van der Waals surface area contributed by atoms with E-state index in [1.807, 2.05) is 4.57 Å². The standard InChI is InChI=1S/C9H14N4S/c10-8-11-12-9(14)13(8)7-4-5-1-2-6(7)3-5/h5-7H,1-4H2,(H2,10,11)(H,12,14). The maximum atomic E-state index is 5.81. The summed E-state index contributed by atoms with van der Waals surface area (Å²) in [6.45, 7) is 0. The van der Waals surface area contributed by atoms with Gasteiger partial charge < -0.3 is 5.73 Å². The Morgan fingerprint density at radius 3 is 2.79 bits per heavy atom. The van der Waals surface area contributed by atoms with Gasteiger partial charge in [0.25, 0.3) is 0 Å². The van der Waals surface area contributed by atoms with Crippen LogP contribution < -0.4 is 5.73 Å². The second-order valence-corrected chi connectivity index (χ2v) is 4.89. The zero-order valence-electron chi connectivity index (χ0n) is 7.94. The summed E-state index contributed by atoms with van der Waals surface area (Å²) < 4.78 is 2.69. The summed E-state index contributed by atoms with van der Waals surface area (Å²) in [4.78, 5) is 0. The number of anilines is 1. The third kappa shape index (κ3) is 1.05. The van der Waals surface area contributed by atoms with Crippen LogP contribution in [0.3, 0.4) is 0 Å². The average Bonchev–Trinajstić information content (AvgIpc) is 2.81. The first-order chi connectivity index (χ1) is 6.75. The number of hydrogen-bond donors (Lipinski definition) is 2. The Kier molecular flexibility index (Phi) is 1.71. The van der Waals surface area contributed by atoms with Crippen molar-refractivity contribution in [1.82, 2.24) is 14.8 Å². The first-order valence-corrected chi connectivity index (χ1v) is 5.59. The number of hydrogen-bond acceptors (Lipinski definition) is 3. The number of nitrogens with one attached hydrogen (secondary N) is 1. The molecular formula is C9H14N4S. The lowest BCUT2D eigenvalue weighted by Crippen LogP contribution is -2.18. The van der Waals surface area contributed by atoms with Crippen molar-refractivity contribution in [3.63, 3.8) is 0 Å². The predicted octanol–water partition coefficient (Wildman–Crippen LogP) is 1.88. The van der Waals surface area contributed by atoms with E-state index in [4.69, 9.17) is 18.0 Å². The fraction of sp³-hybridized carbons (Fsp3) is 0.778. The monoisotopic (exact) mass is 210 g/mol. The Balaban J connectivity index is 2.00. The van der Waals surface area contributed by atoms with Gasteiger partial charge in [-0.15, -0.1) is 5.10 Å². The number of fused-ring (bicyclic) bond motifs is 2. The van der Waals surface area contributed by atoms with Gasteiger partial charge in [-0.2, -0.15) is 0 Å². The summed E-state index contributed by atoms with van der Waals surface area (Å²) in [7, 11) is 0. The summed E-state index contributed by atoms with van der Waals surface area (Å²) >= 11 is 5.19. The third-order valence-electron chi connectivity index (χ3n) is 3.76. The molecule has 0 radical (unpaired) electrons. The van der Waals surface area contributed by atoms with Crippen LogP contribution >= 0.6 is 12.2 Å². The lowest BCUT2D eigenvalue weighted by atomic mass is 9.95. The van der Waals surface area contributed by atoms with Crippen LogP contribution in [0, 0.1) is 16.6 Å². The van der Waals surface area contributed by atoms with Crippen molar-refractivity contribution in [3.05, 3.63) is 4.77 Å². The van der Waals surface area contributed by atoms with Gasteiger partial charge in [0.15, 0.2) is 4.77 Å². The van der Waals surface area contributed by atoms with Crippen LogP contribution in [0.2, 0.25) is 0 Å².